The molecule has 0 spiro atoms. The van der Waals surface area contributed by atoms with Crippen LogP contribution in [-0.4, -0.2) is 23.6 Å². The van der Waals surface area contributed by atoms with Crippen molar-refractivity contribution < 1.29 is 8.42 Å². The van der Waals surface area contributed by atoms with Gasteiger partial charge in [-0.25, -0.2) is 18.1 Å². The van der Waals surface area contributed by atoms with E-state index in [9.17, 15) is 8.42 Å². The molecule has 0 amide bonds. The lowest BCUT2D eigenvalue weighted by Gasteiger charge is -2.07. The Morgan fingerprint density at radius 1 is 1.28 bits per heavy atom. The highest BCUT2D eigenvalue weighted by molar-refractivity contribution is 9.10. The number of aromatic nitrogens is 3. The molecular formula is C9H8BrN5O2S. The zero-order valence-electron chi connectivity index (χ0n) is 8.91. The highest BCUT2D eigenvalue weighted by Crippen LogP contribution is 2.25. The second kappa shape index (κ2) is 4.86. The van der Waals surface area contributed by atoms with E-state index < -0.39 is 10.0 Å². The number of benzene rings is 1. The Morgan fingerprint density at radius 2 is 2.06 bits per heavy atom. The zero-order chi connectivity index (χ0) is 13.2. The van der Waals surface area contributed by atoms with E-state index in [2.05, 4.69) is 35.8 Å². The number of nitrogens with one attached hydrogen (secondary N) is 1. The van der Waals surface area contributed by atoms with E-state index in [1.807, 2.05) is 0 Å². The first-order valence-corrected chi connectivity index (χ1v) is 6.98. The molecule has 1 aromatic carbocycles. The molecule has 0 atom stereocenters. The van der Waals surface area contributed by atoms with Crippen LogP contribution in [0.4, 0.5) is 11.6 Å². The highest BCUT2D eigenvalue weighted by atomic mass is 79.9. The average Bonchev–Trinajstić information content (AvgIpc) is 2.29. The maximum Gasteiger partial charge on any atom is 0.265 e. The van der Waals surface area contributed by atoms with E-state index >= 15 is 0 Å². The molecule has 2 aromatic rings. The molecule has 0 unspecified atom stereocenters. The molecule has 0 radical (unpaired) electrons. The summed E-state index contributed by atoms with van der Waals surface area (Å²) in [7, 11) is -3.78. The number of nitrogens with zero attached hydrogens (tertiary/aromatic N) is 3. The molecule has 18 heavy (non-hydrogen) atoms. The van der Waals surface area contributed by atoms with E-state index in [0.717, 1.165) is 0 Å². The van der Waals surface area contributed by atoms with Crippen molar-refractivity contribution >= 4 is 37.6 Å². The van der Waals surface area contributed by atoms with E-state index in [4.69, 9.17) is 5.73 Å². The number of halogens is 1. The molecule has 2 rings (SSSR count). The van der Waals surface area contributed by atoms with Gasteiger partial charge in [0.25, 0.3) is 16.0 Å². The lowest BCUT2D eigenvalue weighted by molar-refractivity contribution is 0.600. The van der Waals surface area contributed by atoms with Gasteiger partial charge in [-0.15, -0.1) is 5.10 Å². The number of hydrogen-bond acceptors (Lipinski definition) is 6. The van der Waals surface area contributed by atoms with E-state index in [-0.39, 0.29) is 10.8 Å². The Balaban J connectivity index is 2.37. The SMILES string of the molecule is Nc1ccc(S(=O)(=O)Nc2nccnn2)c(Br)c1. The summed E-state index contributed by atoms with van der Waals surface area (Å²) in [4.78, 5) is 3.78. The number of anilines is 2. The molecule has 0 bridgehead atoms. The summed E-state index contributed by atoms with van der Waals surface area (Å²) < 4.78 is 26.7. The second-order valence-electron chi connectivity index (χ2n) is 3.26. The minimum Gasteiger partial charge on any atom is -0.399 e. The van der Waals surface area contributed by atoms with Crippen molar-refractivity contribution in [1.82, 2.24) is 15.2 Å². The monoisotopic (exact) mass is 329 g/mol. The summed E-state index contributed by atoms with van der Waals surface area (Å²) in [5.74, 6) is -0.0961. The summed E-state index contributed by atoms with van der Waals surface area (Å²) in [5, 5.41) is 7.07. The van der Waals surface area contributed by atoms with Crippen molar-refractivity contribution in [1.29, 1.82) is 0 Å². The fourth-order valence-corrected chi connectivity index (χ4v) is 3.25. The van der Waals surface area contributed by atoms with Gasteiger partial charge >= 0.3 is 0 Å². The van der Waals surface area contributed by atoms with E-state index in [1.165, 1.54) is 30.6 Å². The van der Waals surface area contributed by atoms with Crippen LogP contribution in [-0.2, 0) is 10.0 Å². The molecule has 1 aromatic heterocycles. The first-order chi connectivity index (χ1) is 8.49. The van der Waals surface area contributed by atoms with Crippen molar-refractivity contribution in [2.24, 2.45) is 0 Å². The van der Waals surface area contributed by atoms with Crippen molar-refractivity contribution in [3.05, 3.63) is 35.1 Å². The van der Waals surface area contributed by atoms with Crippen molar-refractivity contribution in [2.75, 3.05) is 10.5 Å². The summed E-state index contributed by atoms with van der Waals surface area (Å²) in [6, 6.07) is 4.38. The van der Waals surface area contributed by atoms with Gasteiger partial charge in [0.15, 0.2) is 0 Å². The second-order valence-corrected chi connectivity index (χ2v) is 5.77. The molecule has 0 fully saturated rings. The normalized spacial score (nSPS) is 11.2. The number of nitrogen functional groups attached to an aromatic ring is 1. The summed E-state index contributed by atoms with van der Waals surface area (Å²) in [6.45, 7) is 0. The molecule has 0 saturated heterocycles. The number of nitrogens with two attached hydrogens (primary N) is 1. The third-order valence-electron chi connectivity index (χ3n) is 1.95. The number of sulfonamides is 1. The van der Waals surface area contributed by atoms with Gasteiger partial charge in [-0.05, 0) is 34.1 Å². The average molecular weight is 330 g/mol. The first-order valence-electron chi connectivity index (χ1n) is 4.70. The Bertz CT molecular complexity index is 662. The lowest BCUT2D eigenvalue weighted by atomic mass is 10.3. The quantitative estimate of drug-likeness (QED) is 0.813. The largest absolute Gasteiger partial charge is 0.399 e. The molecule has 0 aliphatic rings. The van der Waals surface area contributed by atoms with Crippen LogP contribution in [0, 0.1) is 0 Å². The maximum atomic E-state index is 12.0. The van der Waals surface area contributed by atoms with Gasteiger partial charge in [-0.3, -0.25) is 0 Å². The molecule has 7 nitrogen and oxygen atoms in total. The summed E-state index contributed by atoms with van der Waals surface area (Å²) >= 11 is 3.14. The molecule has 94 valence electrons. The summed E-state index contributed by atoms with van der Waals surface area (Å²) in [6.07, 6.45) is 2.68. The van der Waals surface area contributed by atoms with Crippen LogP contribution in [0.3, 0.4) is 0 Å². The fourth-order valence-electron chi connectivity index (χ4n) is 1.20. The van der Waals surface area contributed by atoms with Gasteiger partial charge in [0.2, 0.25) is 0 Å². The van der Waals surface area contributed by atoms with Gasteiger partial charge in [0.05, 0.1) is 12.4 Å². The molecular weight excluding hydrogens is 322 g/mol. The van der Waals surface area contributed by atoms with Gasteiger partial charge in [-0.2, -0.15) is 5.10 Å². The molecule has 9 heteroatoms. The van der Waals surface area contributed by atoms with Crippen LogP contribution < -0.4 is 10.5 Å². The summed E-state index contributed by atoms with van der Waals surface area (Å²) in [5.41, 5.74) is 6.00. The Labute approximate surface area is 112 Å². The van der Waals surface area contributed by atoms with Crippen molar-refractivity contribution in [2.45, 2.75) is 4.90 Å². The highest BCUT2D eigenvalue weighted by Gasteiger charge is 2.18. The molecule has 3 N–H and O–H groups in total. The first kappa shape index (κ1) is 12.7. The minimum absolute atomic E-state index is 0.0455. The van der Waals surface area contributed by atoms with Crippen LogP contribution in [0.25, 0.3) is 0 Å². The molecule has 0 aliphatic carbocycles. The number of hydrogen-bond donors (Lipinski definition) is 2. The fraction of sp³-hybridized carbons (Fsp3) is 0. The van der Waals surface area contributed by atoms with E-state index in [0.29, 0.717) is 10.2 Å². The van der Waals surface area contributed by atoms with Crippen LogP contribution in [0.1, 0.15) is 0 Å². The van der Waals surface area contributed by atoms with Gasteiger partial charge in [0.1, 0.15) is 4.90 Å². The molecule has 1 heterocycles. The van der Waals surface area contributed by atoms with Crippen LogP contribution in [0.5, 0.6) is 0 Å². The predicted octanol–water partition coefficient (Wildman–Crippen LogP) is 1.02. The minimum atomic E-state index is -3.78. The standard InChI is InChI=1S/C9H8BrN5O2S/c10-7-5-6(11)1-2-8(7)18(16,17)15-9-12-3-4-13-14-9/h1-5H,11H2,(H,12,14,15). The van der Waals surface area contributed by atoms with E-state index in [1.54, 1.807) is 0 Å². The smallest absolute Gasteiger partial charge is 0.265 e. The van der Waals surface area contributed by atoms with Crippen LogP contribution in [0.2, 0.25) is 0 Å². The Morgan fingerprint density at radius 3 is 2.67 bits per heavy atom. The molecule has 0 aliphatic heterocycles. The van der Waals surface area contributed by atoms with Gasteiger partial charge in [0, 0.05) is 10.2 Å². The van der Waals surface area contributed by atoms with Crippen molar-refractivity contribution in [3.8, 4) is 0 Å². The van der Waals surface area contributed by atoms with Crippen molar-refractivity contribution in [3.63, 3.8) is 0 Å². The predicted molar refractivity (Wildman–Crippen MR) is 69.2 cm³/mol. The lowest BCUT2D eigenvalue weighted by Crippen LogP contribution is -2.15. The Hall–Kier alpha value is -1.74. The van der Waals surface area contributed by atoms with Gasteiger partial charge < -0.3 is 5.73 Å². The topological polar surface area (TPSA) is 111 Å². The Kier molecular flexibility index (Phi) is 3.43. The maximum absolute atomic E-state index is 12.0. The van der Waals surface area contributed by atoms with Crippen LogP contribution >= 0.6 is 15.9 Å². The molecule has 0 saturated carbocycles. The van der Waals surface area contributed by atoms with Crippen LogP contribution in [0.15, 0.2) is 40.0 Å². The third kappa shape index (κ3) is 2.74. The zero-order valence-corrected chi connectivity index (χ0v) is 11.3. The third-order valence-corrected chi connectivity index (χ3v) is 4.26. The number of rotatable bonds is 3. The van der Waals surface area contributed by atoms with Gasteiger partial charge in [-0.1, -0.05) is 0 Å².